The number of hydrogen-bond donors (Lipinski definition) is 2. The van der Waals surface area contributed by atoms with Crippen molar-refractivity contribution in [2.45, 2.75) is 38.6 Å². The van der Waals surface area contributed by atoms with E-state index < -0.39 is 11.0 Å². The normalized spacial score (nSPS) is 12.8. The van der Waals surface area contributed by atoms with Crippen LogP contribution in [0.4, 0.5) is 4.39 Å². The Hall–Kier alpha value is -3.49. The van der Waals surface area contributed by atoms with Gasteiger partial charge in [-0.25, -0.2) is 4.39 Å². The van der Waals surface area contributed by atoms with Gasteiger partial charge in [-0.05, 0) is 50.2 Å². The van der Waals surface area contributed by atoms with Crippen molar-refractivity contribution in [3.63, 3.8) is 0 Å². The highest BCUT2D eigenvalue weighted by molar-refractivity contribution is 6.05. The first-order chi connectivity index (χ1) is 16.7. The minimum Gasteiger partial charge on any atom is -0.394 e. The van der Waals surface area contributed by atoms with E-state index in [1.165, 1.54) is 12.1 Å². The molecule has 0 spiro atoms. The number of halogens is 1. The third-order valence-electron chi connectivity index (χ3n) is 6.64. The number of nitrogens with zero attached hydrogens (tertiary/aromatic N) is 4. The maximum Gasteiger partial charge on any atom is 0.123 e. The fourth-order valence-electron chi connectivity index (χ4n) is 4.80. The zero-order valence-electron chi connectivity index (χ0n) is 20.6. The summed E-state index contributed by atoms with van der Waals surface area (Å²) in [5, 5.41) is 23.8. The minimum atomic E-state index is -0.549. The zero-order chi connectivity index (χ0) is 25.0. The van der Waals surface area contributed by atoms with Crippen LogP contribution in [0.3, 0.4) is 0 Å². The standard InChI is InChI=1S/C27H30FN5O2/c1-26(2,16-35-5)25-24(18-13-30-32(14-18)27(3,4)15-34)21-11-22-17(12-29-31-22)10-23(21)33(25)20-8-6-19(28)7-9-20/h6-14,34H,15-16H2,1-5H3,(H,29,31). The lowest BCUT2D eigenvalue weighted by atomic mass is 9.85. The van der Waals surface area contributed by atoms with Crippen LogP contribution in [0.5, 0.6) is 0 Å². The third-order valence-corrected chi connectivity index (χ3v) is 6.64. The number of rotatable bonds is 7. The van der Waals surface area contributed by atoms with Crippen molar-refractivity contribution in [2.24, 2.45) is 0 Å². The molecular formula is C27H30FN5O2. The molecule has 0 aliphatic carbocycles. The van der Waals surface area contributed by atoms with Crippen molar-refractivity contribution >= 4 is 21.8 Å². The van der Waals surface area contributed by atoms with E-state index >= 15 is 0 Å². The molecule has 7 nitrogen and oxygen atoms in total. The number of aromatic amines is 1. The number of ether oxygens (including phenoxy) is 1. The van der Waals surface area contributed by atoms with Gasteiger partial charge in [-0.3, -0.25) is 9.78 Å². The van der Waals surface area contributed by atoms with Crippen molar-refractivity contribution in [3.05, 3.63) is 66.5 Å². The quantitative estimate of drug-likeness (QED) is 0.341. The second-order valence-electron chi connectivity index (χ2n) is 10.3. The summed E-state index contributed by atoms with van der Waals surface area (Å²) < 4.78 is 23.5. The molecule has 5 aromatic rings. The molecule has 0 atom stereocenters. The Bertz CT molecular complexity index is 1510. The molecule has 0 saturated carbocycles. The number of methoxy groups -OCH3 is 1. The van der Waals surface area contributed by atoms with Crippen molar-refractivity contribution in [1.82, 2.24) is 24.5 Å². The van der Waals surface area contributed by atoms with E-state index in [0.717, 1.165) is 44.3 Å². The Morgan fingerprint density at radius 3 is 2.51 bits per heavy atom. The lowest BCUT2D eigenvalue weighted by Crippen LogP contribution is -2.30. The monoisotopic (exact) mass is 475 g/mol. The second-order valence-corrected chi connectivity index (χ2v) is 10.3. The summed E-state index contributed by atoms with van der Waals surface area (Å²) in [6.07, 6.45) is 5.62. The van der Waals surface area contributed by atoms with Crippen LogP contribution < -0.4 is 0 Å². The molecule has 0 bridgehead atoms. The van der Waals surface area contributed by atoms with Crippen molar-refractivity contribution < 1.29 is 14.2 Å². The predicted octanol–water partition coefficient (Wildman–Crippen LogP) is 5.16. The average molecular weight is 476 g/mol. The van der Waals surface area contributed by atoms with Gasteiger partial charge in [0.1, 0.15) is 5.82 Å². The summed E-state index contributed by atoms with van der Waals surface area (Å²) in [7, 11) is 1.70. The number of benzene rings is 2. The molecule has 0 fully saturated rings. The van der Waals surface area contributed by atoms with Crippen molar-refractivity contribution in [1.29, 1.82) is 0 Å². The Balaban J connectivity index is 1.92. The molecule has 0 unspecified atom stereocenters. The van der Waals surface area contributed by atoms with Gasteiger partial charge in [0.25, 0.3) is 0 Å². The minimum absolute atomic E-state index is 0.0394. The molecule has 0 radical (unpaired) electrons. The lowest BCUT2D eigenvalue weighted by Gasteiger charge is -2.28. The largest absolute Gasteiger partial charge is 0.394 e. The Labute approximate surface area is 203 Å². The Morgan fingerprint density at radius 1 is 1.09 bits per heavy atom. The fraction of sp³-hybridized carbons (Fsp3) is 0.333. The number of aromatic nitrogens is 5. The molecule has 3 aromatic heterocycles. The third kappa shape index (κ3) is 3.83. The van der Waals surface area contributed by atoms with Crippen molar-refractivity contribution in [2.75, 3.05) is 20.3 Å². The van der Waals surface area contributed by atoms with Gasteiger partial charge in [-0.2, -0.15) is 10.2 Å². The van der Waals surface area contributed by atoms with Crippen LogP contribution in [0.25, 0.3) is 38.6 Å². The van der Waals surface area contributed by atoms with Crippen LogP contribution in [-0.2, 0) is 15.7 Å². The number of aliphatic hydroxyl groups excluding tert-OH is 1. The number of hydrogen-bond acceptors (Lipinski definition) is 4. The Kier molecular flexibility index (Phi) is 5.53. The average Bonchev–Trinajstić information content (AvgIpc) is 3.55. The van der Waals surface area contributed by atoms with Crippen molar-refractivity contribution in [3.8, 4) is 16.8 Å². The zero-order valence-corrected chi connectivity index (χ0v) is 20.6. The first-order valence-corrected chi connectivity index (χ1v) is 11.6. The number of fused-ring (bicyclic) bond motifs is 2. The number of H-pyrrole nitrogens is 1. The van der Waals surface area contributed by atoms with Gasteiger partial charge < -0.3 is 14.4 Å². The SMILES string of the molecule is COCC(C)(C)c1c(-c2cnn(C(C)(C)CO)c2)c2cc3[nH]ncc3cc2n1-c1ccc(F)cc1. The summed E-state index contributed by atoms with van der Waals surface area (Å²) in [6, 6.07) is 10.8. The van der Waals surface area contributed by atoms with Gasteiger partial charge in [0.2, 0.25) is 0 Å². The molecule has 0 aliphatic rings. The molecule has 3 heterocycles. The molecule has 2 N–H and O–H groups in total. The molecule has 2 aromatic carbocycles. The Morgan fingerprint density at radius 2 is 1.83 bits per heavy atom. The first kappa shape index (κ1) is 23.3. The molecule has 0 amide bonds. The van der Waals surface area contributed by atoms with Gasteiger partial charge in [-0.1, -0.05) is 13.8 Å². The van der Waals surface area contributed by atoms with Gasteiger partial charge >= 0.3 is 0 Å². The summed E-state index contributed by atoms with van der Waals surface area (Å²) in [5.74, 6) is -0.284. The van der Waals surface area contributed by atoms with E-state index in [2.05, 4.69) is 45.8 Å². The molecule has 8 heteroatoms. The van der Waals surface area contributed by atoms with Crippen LogP contribution in [0, 0.1) is 5.82 Å². The molecule has 35 heavy (non-hydrogen) atoms. The van der Waals surface area contributed by atoms with Crippen LogP contribution in [0.15, 0.2) is 55.0 Å². The molecule has 0 saturated heterocycles. The smallest absolute Gasteiger partial charge is 0.123 e. The van der Waals surface area contributed by atoms with Gasteiger partial charge in [0.15, 0.2) is 0 Å². The number of nitrogens with one attached hydrogen (secondary N) is 1. The molecule has 182 valence electrons. The molecule has 5 rings (SSSR count). The highest BCUT2D eigenvalue weighted by atomic mass is 19.1. The fourth-order valence-corrected chi connectivity index (χ4v) is 4.80. The summed E-state index contributed by atoms with van der Waals surface area (Å²) in [4.78, 5) is 0. The highest BCUT2D eigenvalue weighted by Crippen LogP contribution is 2.44. The summed E-state index contributed by atoms with van der Waals surface area (Å²) in [5.41, 5.74) is 4.78. The van der Waals surface area contributed by atoms with E-state index in [9.17, 15) is 9.50 Å². The van der Waals surface area contributed by atoms with E-state index in [4.69, 9.17) is 4.74 Å². The van der Waals surface area contributed by atoms with Crippen LogP contribution in [-0.4, -0.2) is 50.0 Å². The van der Waals surface area contributed by atoms with Crippen LogP contribution >= 0.6 is 0 Å². The van der Waals surface area contributed by atoms with Gasteiger partial charge in [-0.15, -0.1) is 0 Å². The lowest BCUT2D eigenvalue weighted by molar-refractivity contribution is 0.144. The summed E-state index contributed by atoms with van der Waals surface area (Å²) >= 11 is 0. The first-order valence-electron chi connectivity index (χ1n) is 11.6. The van der Waals surface area contributed by atoms with E-state index in [1.54, 1.807) is 30.1 Å². The molecular weight excluding hydrogens is 445 g/mol. The summed E-state index contributed by atoms with van der Waals surface area (Å²) in [6.45, 7) is 8.61. The maximum absolute atomic E-state index is 13.9. The predicted molar refractivity (Wildman–Crippen MR) is 135 cm³/mol. The van der Waals surface area contributed by atoms with E-state index in [1.807, 2.05) is 26.2 Å². The van der Waals surface area contributed by atoms with E-state index in [-0.39, 0.29) is 12.4 Å². The topological polar surface area (TPSA) is 80.9 Å². The molecule has 0 aliphatic heterocycles. The maximum atomic E-state index is 13.9. The highest BCUT2D eigenvalue weighted by Gasteiger charge is 2.33. The van der Waals surface area contributed by atoms with Gasteiger partial charge in [0, 0.05) is 52.0 Å². The van der Waals surface area contributed by atoms with E-state index in [0.29, 0.717) is 6.61 Å². The van der Waals surface area contributed by atoms with Crippen LogP contribution in [0.2, 0.25) is 0 Å². The van der Waals surface area contributed by atoms with Crippen LogP contribution in [0.1, 0.15) is 33.4 Å². The number of aliphatic hydroxyl groups is 1. The van der Waals surface area contributed by atoms with Gasteiger partial charge in [0.05, 0.1) is 42.2 Å². The second kappa shape index (κ2) is 8.32.